The lowest BCUT2D eigenvalue weighted by Gasteiger charge is -2.38. The molecule has 2 unspecified atom stereocenters. The number of rotatable bonds is 10. The predicted molar refractivity (Wildman–Crippen MR) is 119 cm³/mol. The van der Waals surface area contributed by atoms with E-state index in [0.29, 0.717) is 18.0 Å². The fourth-order valence-corrected chi connectivity index (χ4v) is 4.83. The summed E-state index contributed by atoms with van der Waals surface area (Å²) in [6, 6.07) is 7.43. The highest BCUT2D eigenvalue weighted by Crippen LogP contribution is 2.44. The van der Waals surface area contributed by atoms with Gasteiger partial charge in [0.1, 0.15) is 0 Å². The second-order valence-corrected chi connectivity index (χ2v) is 9.16. The normalized spacial score (nSPS) is 17.9. The molecular weight excluding hydrogens is 402 g/mol. The van der Waals surface area contributed by atoms with Gasteiger partial charge in [-0.25, -0.2) is 0 Å². The van der Waals surface area contributed by atoms with Crippen molar-refractivity contribution in [1.82, 2.24) is 0 Å². The number of amides is 1. The Hall–Kier alpha value is -1.73. The highest BCUT2D eigenvalue weighted by molar-refractivity contribution is 7.74. The van der Waals surface area contributed by atoms with Crippen molar-refractivity contribution in [2.24, 2.45) is 17.3 Å². The maximum Gasteiger partial charge on any atom is 0.360 e. The van der Waals surface area contributed by atoms with Crippen molar-refractivity contribution >= 4 is 28.9 Å². The van der Waals surface area contributed by atoms with Crippen LogP contribution in [0, 0.1) is 17.3 Å². The second kappa shape index (κ2) is 11.6. The van der Waals surface area contributed by atoms with Gasteiger partial charge in [0, 0.05) is 11.1 Å². The lowest BCUT2D eigenvalue weighted by molar-refractivity contribution is -0.137. The quantitative estimate of drug-likeness (QED) is 0.487. The Kier molecular flexibility index (Phi) is 9.49. The van der Waals surface area contributed by atoms with E-state index in [1.54, 1.807) is 6.92 Å². The monoisotopic (exact) mass is 437 g/mol. The molecule has 0 aliphatic heterocycles. The molecule has 0 radical (unpaired) electrons. The van der Waals surface area contributed by atoms with E-state index in [-0.39, 0.29) is 11.3 Å². The number of hydrogen-bond donors (Lipinski definition) is 2. The molecular formula is C23H35NO5S. The van der Waals surface area contributed by atoms with Crippen LogP contribution in [0.5, 0.6) is 0 Å². The molecule has 7 heteroatoms. The molecule has 1 aliphatic carbocycles. The largest absolute Gasteiger partial charge is 0.360 e. The summed E-state index contributed by atoms with van der Waals surface area (Å²) >= 11 is -2.62. The number of para-hydroxylation sites is 1. The van der Waals surface area contributed by atoms with Crippen LogP contribution in [-0.2, 0) is 31.6 Å². The van der Waals surface area contributed by atoms with Crippen molar-refractivity contribution in [2.45, 2.75) is 78.6 Å². The lowest BCUT2D eigenvalue weighted by Crippen LogP contribution is -2.40. The number of carbonyl (C=O) groups is 2. The van der Waals surface area contributed by atoms with E-state index in [4.69, 9.17) is 4.55 Å². The zero-order chi connectivity index (χ0) is 22.1. The maximum atomic E-state index is 13.5. The molecule has 0 heterocycles. The molecule has 2 rings (SSSR count). The molecule has 2 atom stereocenters. The lowest BCUT2D eigenvalue weighted by atomic mass is 9.67. The van der Waals surface area contributed by atoms with Crippen molar-refractivity contribution in [3.8, 4) is 0 Å². The molecule has 1 aromatic carbocycles. The van der Waals surface area contributed by atoms with Gasteiger partial charge in [-0.1, -0.05) is 71.1 Å². The Morgan fingerprint density at radius 3 is 2.40 bits per heavy atom. The van der Waals surface area contributed by atoms with Crippen molar-refractivity contribution in [3.63, 3.8) is 0 Å². The summed E-state index contributed by atoms with van der Waals surface area (Å²) in [5.41, 5.74) is 1.18. The van der Waals surface area contributed by atoms with Crippen LogP contribution in [0.25, 0.3) is 0 Å². The van der Waals surface area contributed by atoms with Crippen LogP contribution in [0.2, 0.25) is 0 Å². The predicted octanol–water partition coefficient (Wildman–Crippen LogP) is 5.26. The molecule has 0 aromatic heterocycles. The first-order valence-electron chi connectivity index (χ1n) is 11.0. The highest BCUT2D eigenvalue weighted by atomic mass is 32.2. The van der Waals surface area contributed by atoms with E-state index < -0.39 is 23.2 Å². The zero-order valence-corrected chi connectivity index (χ0v) is 19.1. The Morgan fingerprint density at radius 1 is 1.17 bits per heavy atom. The average molecular weight is 438 g/mol. The zero-order valence-electron chi connectivity index (χ0n) is 18.3. The standard InChI is InChI=1S/C23H35NO5S/c1-4-18(5-2)16-23(13-9-6-10-14-23)22(26)24-20-12-8-7-11-19(20)15-17(3)21(25)29-30(27)28/h7-8,11-12,17-18H,4-6,9-10,13-16H2,1-3H3,(H,24,26)(H,27,28). The molecule has 0 saturated heterocycles. The topological polar surface area (TPSA) is 92.7 Å². The molecule has 6 nitrogen and oxygen atoms in total. The first-order chi connectivity index (χ1) is 14.3. The number of hydrogen-bond acceptors (Lipinski definition) is 4. The average Bonchev–Trinajstić information content (AvgIpc) is 2.73. The van der Waals surface area contributed by atoms with Crippen molar-refractivity contribution < 1.29 is 22.5 Å². The fourth-order valence-electron chi connectivity index (χ4n) is 4.52. The molecule has 1 aromatic rings. The molecule has 1 fully saturated rings. The summed E-state index contributed by atoms with van der Waals surface area (Å²) in [7, 11) is 0. The van der Waals surface area contributed by atoms with E-state index in [9.17, 15) is 13.8 Å². The van der Waals surface area contributed by atoms with Crippen LogP contribution in [0.4, 0.5) is 5.69 Å². The number of carbonyl (C=O) groups excluding carboxylic acids is 2. The van der Waals surface area contributed by atoms with Gasteiger partial charge in [-0.05, 0) is 43.2 Å². The number of anilines is 1. The third-order valence-electron chi connectivity index (χ3n) is 6.47. The minimum absolute atomic E-state index is 0.0771. The Balaban J connectivity index is 2.18. The first-order valence-corrected chi connectivity index (χ1v) is 12.1. The molecule has 0 bridgehead atoms. The Morgan fingerprint density at radius 2 is 1.80 bits per heavy atom. The Bertz CT molecular complexity index is 741. The summed E-state index contributed by atoms with van der Waals surface area (Å²) < 4.78 is 23.9. The van der Waals surface area contributed by atoms with E-state index in [1.165, 1.54) is 6.42 Å². The van der Waals surface area contributed by atoms with E-state index in [2.05, 4.69) is 23.3 Å². The van der Waals surface area contributed by atoms with Crippen LogP contribution in [0.1, 0.15) is 77.7 Å². The van der Waals surface area contributed by atoms with Crippen LogP contribution in [-0.4, -0.2) is 20.6 Å². The summed E-state index contributed by atoms with van der Waals surface area (Å²) in [5, 5.41) is 3.16. The molecule has 0 spiro atoms. The van der Waals surface area contributed by atoms with Crippen LogP contribution in [0.15, 0.2) is 24.3 Å². The highest BCUT2D eigenvalue weighted by Gasteiger charge is 2.40. The summed E-state index contributed by atoms with van der Waals surface area (Å²) in [5.74, 6) is -0.728. The minimum atomic E-state index is -2.62. The maximum absolute atomic E-state index is 13.5. The molecule has 168 valence electrons. The van der Waals surface area contributed by atoms with Gasteiger partial charge in [-0.15, -0.1) is 0 Å². The van der Waals surface area contributed by atoms with Crippen molar-refractivity contribution in [2.75, 3.05) is 5.32 Å². The molecule has 1 aliphatic rings. The Labute approximate surface area is 182 Å². The summed E-state index contributed by atoms with van der Waals surface area (Å²) in [6.07, 6.45) is 8.56. The third kappa shape index (κ3) is 6.64. The minimum Gasteiger partial charge on any atom is -0.343 e. The van der Waals surface area contributed by atoms with Crippen LogP contribution < -0.4 is 5.32 Å². The molecule has 1 saturated carbocycles. The smallest absolute Gasteiger partial charge is 0.343 e. The molecule has 30 heavy (non-hydrogen) atoms. The van der Waals surface area contributed by atoms with Gasteiger partial charge in [0.15, 0.2) is 0 Å². The van der Waals surface area contributed by atoms with E-state index in [1.807, 2.05) is 24.3 Å². The van der Waals surface area contributed by atoms with Crippen molar-refractivity contribution in [1.29, 1.82) is 0 Å². The molecule has 2 N–H and O–H groups in total. The van der Waals surface area contributed by atoms with Gasteiger partial charge >= 0.3 is 17.3 Å². The molecule has 1 amide bonds. The van der Waals surface area contributed by atoms with Gasteiger partial charge in [0.2, 0.25) is 5.91 Å². The second-order valence-electron chi connectivity index (χ2n) is 8.56. The van der Waals surface area contributed by atoms with E-state index in [0.717, 1.165) is 50.5 Å². The van der Waals surface area contributed by atoms with Gasteiger partial charge < -0.3 is 9.50 Å². The fraction of sp³-hybridized carbons (Fsp3) is 0.652. The first kappa shape index (κ1) is 24.5. The summed E-state index contributed by atoms with van der Waals surface area (Å²) in [4.78, 5) is 25.4. The third-order valence-corrected chi connectivity index (χ3v) is 6.78. The number of benzene rings is 1. The van der Waals surface area contributed by atoms with Crippen LogP contribution >= 0.6 is 0 Å². The van der Waals surface area contributed by atoms with Crippen molar-refractivity contribution in [3.05, 3.63) is 29.8 Å². The van der Waals surface area contributed by atoms with Crippen LogP contribution in [0.3, 0.4) is 0 Å². The number of nitrogens with one attached hydrogen (secondary N) is 1. The van der Waals surface area contributed by atoms with Gasteiger partial charge in [-0.3, -0.25) is 14.1 Å². The summed E-state index contributed by atoms with van der Waals surface area (Å²) in [6.45, 7) is 6.03. The van der Waals surface area contributed by atoms with E-state index >= 15 is 0 Å². The van der Waals surface area contributed by atoms with Gasteiger partial charge in [0.05, 0.1) is 5.92 Å². The SMILES string of the molecule is CCC(CC)CC1(C(=O)Nc2ccccc2CC(C)C(=O)OS(=O)O)CCCCC1. The van der Waals surface area contributed by atoms with Gasteiger partial charge in [-0.2, -0.15) is 4.21 Å². The van der Waals surface area contributed by atoms with Gasteiger partial charge in [0.25, 0.3) is 0 Å².